The van der Waals surface area contributed by atoms with Gasteiger partial charge < -0.3 is 0 Å². The molecule has 0 aromatic carbocycles. The standard InChI is InChI=1S/C5H10O2P/c1-4(6)5(2)8(3)7/h5H,1-3H3/q+1. The van der Waals surface area contributed by atoms with E-state index in [9.17, 15) is 9.36 Å². The number of rotatable bonds is 2. The van der Waals surface area contributed by atoms with E-state index in [1.807, 2.05) is 0 Å². The van der Waals surface area contributed by atoms with E-state index in [-0.39, 0.29) is 11.4 Å². The minimum absolute atomic E-state index is 0.00797. The van der Waals surface area contributed by atoms with Crippen LogP contribution < -0.4 is 0 Å². The molecule has 0 aliphatic rings. The number of Topliss-reactive ketones (excluding diaryl/α,β-unsaturated/α-hetero) is 1. The third-order valence-corrected chi connectivity index (χ3v) is 2.59. The van der Waals surface area contributed by atoms with Crippen molar-refractivity contribution in [1.29, 1.82) is 0 Å². The molecule has 0 bridgehead atoms. The Morgan fingerprint density at radius 2 is 2.00 bits per heavy atom. The lowest BCUT2D eigenvalue weighted by molar-refractivity contribution is -0.116. The van der Waals surface area contributed by atoms with Crippen LogP contribution in [0.1, 0.15) is 13.8 Å². The summed E-state index contributed by atoms with van der Waals surface area (Å²) < 4.78 is 10.5. The van der Waals surface area contributed by atoms with Crippen molar-refractivity contribution in [3.63, 3.8) is 0 Å². The first-order chi connectivity index (χ1) is 3.55. The van der Waals surface area contributed by atoms with Crippen molar-refractivity contribution < 1.29 is 9.36 Å². The third kappa shape index (κ3) is 2.17. The number of ketones is 1. The molecule has 0 amide bonds. The maximum atomic E-state index is 10.5. The highest BCUT2D eigenvalue weighted by Crippen LogP contribution is 2.22. The molecular formula is C5H10O2P+. The van der Waals surface area contributed by atoms with Crippen molar-refractivity contribution in [2.45, 2.75) is 19.5 Å². The number of hydrogen-bond donors (Lipinski definition) is 0. The Morgan fingerprint density at radius 3 is 2.00 bits per heavy atom. The van der Waals surface area contributed by atoms with Gasteiger partial charge in [0.2, 0.25) is 5.66 Å². The topological polar surface area (TPSA) is 34.1 Å². The summed E-state index contributed by atoms with van der Waals surface area (Å²) in [6, 6.07) is 0. The Bertz CT molecular complexity index is 106. The van der Waals surface area contributed by atoms with E-state index in [1.54, 1.807) is 13.6 Å². The van der Waals surface area contributed by atoms with Gasteiger partial charge in [-0.1, -0.05) is 4.57 Å². The zero-order valence-electron chi connectivity index (χ0n) is 5.34. The number of hydrogen-bond acceptors (Lipinski definition) is 2. The second kappa shape index (κ2) is 2.93. The highest BCUT2D eigenvalue weighted by atomic mass is 31.1. The minimum Gasteiger partial charge on any atom is -0.295 e. The fourth-order valence-electron chi connectivity index (χ4n) is 0.256. The summed E-state index contributed by atoms with van der Waals surface area (Å²) in [4.78, 5) is 10.4. The van der Waals surface area contributed by atoms with Crippen LogP contribution in [0.4, 0.5) is 0 Å². The molecule has 0 aromatic rings. The molecule has 0 aliphatic heterocycles. The van der Waals surface area contributed by atoms with Crippen molar-refractivity contribution in [2.24, 2.45) is 0 Å². The quantitative estimate of drug-likeness (QED) is 0.534. The molecule has 46 valence electrons. The van der Waals surface area contributed by atoms with E-state index in [2.05, 4.69) is 0 Å². The smallest absolute Gasteiger partial charge is 0.295 e. The van der Waals surface area contributed by atoms with Crippen molar-refractivity contribution in [1.82, 2.24) is 0 Å². The molecule has 2 atom stereocenters. The molecule has 2 unspecified atom stereocenters. The zero-order valence-corrected chi connectivity index (χ0v) is 6.24. The molecular weight excluding hydrogens is 123 g/mol. The van der Waals surface area contributed by atoms with E-state index in [1.165, 1.54) is 6.92 Å². The Kier molecular flexibility index (Phi) is 2.85. The van der Waals surface area contributed by atoms with E-state index in [0.29, 0.717) is 0 Å². The average molecular weight is 133 g/mol. The van der Waals surface area contributed by atoms with Crippen LogP contribution in [0.2, 0.25) is 0 Å². The largest absolute Gasteiger partial charge is 0.346 e. The molecule has 0 saturated carbocycles. The lowest BCUT2D eigenvalue weighted by Gasteiger charge is -1.87. The predicted molar refractivity (Wildman–Crippen MR) is 33.7 cm³/mol. The summed E-state index contributed by atoms with van der Waals surface area (Å²) in [5, 5.41) is 0. The van der Waals surface area contributed by atoms with Gasteiger partial charge in [0, 0.05) is 0 Å². The van der Waals surface area contributed by atoms with Gasteiger partial charge in [-0.3, -0.25) is 4.79 Å². The van der Waals surface area contributed by atoms with Gasteiger partial charge in [0.25, 0.3) is 0 Å². The summed E-state index contributed by atoms with van der Waals surface area (Å²) in [6.07, 6.45) is 0. The lowest BCUT2D eigenvalue weighted by Crippen LogP contribution is -2.06. The highest BCUT2D eigenvalue weighted by Gasteiger charge is 2.23. The van der Waals surface area contributed by atoms with Crippen LogP contribution >= 0.6 is 7.80 Å². The Labute approximate surface area is 50.1 Å². The van der Waals surface area contributed by atoms with Crippen molar-refractivity contribution >= 4 is 13.6 Å². The van der Waals surface area contributed by atoms with Crippen molar-refractivity contribution in [3.8, 4) is 0 Å². The molecule has 0 fully saturated rings. The monoisotopic (exact) mass is 133 g/mol. The van der Waals surface area contributed by atoms with Gasteiger partial charge in [0.1, 0.15) is 6.66 Å². The van der Waals surface area contributed by atoms with Crippen LogP contribution in [-0.4, -0.2) is 18.1 Å². The second-order valence-corrected chi connectivity index (χ2v) is 3.70. The second-order valence-electron chi connectivity index (χ2n) is 1.83. The third-order valence-electron chi connectivity index (χ3n) is 1.13. The first kappa shape index (κ1) is 7.77. The van der Waals surface area contributed by atoms with Gasteiger partial charge in [-0.05, 0) is 13.8 Å². The van der Waals surface area contributed by atoms with Gasteiger partial charge >= 0.3 is 7.80 Å². The van der Waals surface area contributed by atoms with Crippen molar-refractivity contribution in [2.75, 3.05) is 6.66 Å². The molecule has 8 heavy (non-hydrogen) atoms. The summed E-state index contributed by atoms with van der Waals surface area (Å²) in [6.45, 7) is 4.71. The normalized spacial score (nSPS) is 15.1. The molecule has 2 nitrogen and oxygen atoms in total. The SMILES string of the molecule is CC(=O)C(C)[P+](C)=O. The Morgan fingerprint density at radius 1 is 1.62 bits per heavy atom. The fraction of sp³-hybridized carbons (Fsp3) is 0.800. The maximum absolute atomic E-state index is 10.5. The lowest BCUT2D eigenvalue weighted by atomic mass is 10.3. The summed E-state index contributed by atoms with van der Waals surface area (Å²) >= 11 is 0. The summed E-state index contributed by atoms with van der Waals surface area (Å²) in [5.41, 5.74) is -0.259. The van der Waals surface area contributed by atoms with Gasteiger partial charge in [-0.2, -0.15) is 0 Å². The molecule has 0 spiro atoms. The first-order valence-corrected chi connectivity index (χ1v) is 4.23. The predicted octanol–water partition coefficient (Wildman–Crippen LogP) is 1.42. The average Bonchev–Trinajstić information content (AvgIpc) is 1.64. The molecule has 0 N–H and O–H groups in total. The van der Waals surface area contributed by atoms with Crippen LogP contribution in [0.15, 0.2) is 0 Å². The molecule has 0 aliphatic carbocycles. The van der Waals surface area contributed by atoms with Gasteiger partial charge in [-0.15, -0.1) is 0 Å². The van der Waals surface area contributed by atoms with Gasteiger partial charge in [-0.25, -0.2) is 0 Å². The van der Waals surface area contributed by atoms with Gasteiger partial charge in [0.05, 0.1) is 0 Å². The minimum atomic E-state index is -1.30. The van der Waals surface area contributed by atoms with Gasteiger partial charge in [0.15, 0.2) is 5.78 Å². The first-order valence-electron chi connectivity index (χ1n) is 2.46. The molecule has 0 saturated heterocycles. The molecule has 0 radical (unpaired) electrons. The van der Waals surface area contributed by atoms with E-state index < -0.39 is 7.80 Å². The van der Waals surface area contributed by atoms with Crippen LogP contribution in [0.3, 0.4) is 0 Å². The van der Waals surface area contributed by atoms with E-state index >= 15 is 0 Å². The highest BCUT2D eigenvalue weighted by molar-refractivity contribution is 7.45. The molecule has 3 heteroatoms. The van der Waals surface area contributed by atoms with Crippen LogP contribution in [0.5, 0.6) is 0 Å². The van der Waals surface area contributed by atoms with E-state index in [4.69, 9.17) is 0 Å². The van der Waals surface area contributed by atoms with Crippen LogP contribution in [0.25, 0.3) is 0 Å². The number of carbonyl (C=O) groups excluding carboxylic acids is 1. The summed E-state index contributed by atoms with van der Waals surface area (Å²) in [7, 11) is -1.30. The van der Waals surface area contributed by atoms with Crippen molar-refractivity contribution in [3.05, 3.63) is 0 Å². The maximum Gasteiger partial charge on any atom is 0.346 e. The molecule has 0 aromatic heterocycles. The number of carbonyl (C=O) groups is 1. The summed E-state index contributed by atoms with van der Waals surface area (Å²) in [5.74, 6) is 0.00797. The fourth-order valence-corrected chi connectivity index (χ4v) is 0.768. The van der Waals surface area contributed by atoms with Crippen LogP contribution in [-0.2, 0) is 9.36 Å². The van der Waals surface area contributed by atoms with Crippen LogP contribution in [0, 0.1) is 0 Å². The molecule has 0 rings (SSSR count). The Hall–Kier alpha value is -0.230. The van der Waals surface area contributed by atoms with E-state index in [0.717, 1.165) is 0 Å². The Balaban J connectivity index is 3.83. The zero-order chi connectivity index (χ0) is 6.73. The molecule has 0 heterocycles.